The van der Waals surface area contributed by atoms with Crippen LogP contribution in [0.1, 0.15) is 32.8 Å². The van der Waals surface area contributed by atoms with Gasteiger partial charge in [-0.15, -0.1) is 0 Å². The number of nitrogens with one attached hydrogen (secondary N) is 2. The first-order chi connectivity index (χ1) is 8.99. The SMILES string of the molecule is CCCNS(=O)(=O)c1ccc(CC(C)NCC)cc1. The van der Waals surface area contributed by atoms with E-state index in [2.05, 4.69) is 23.9 Å². The van der Waals surface area contributed by atoms with Crippen molar-refractivity contribution in [2.24, 2.45) is 0 Å². The zero-order valence-corrected chi connectivity index (χ0v) is 12.8. The highest BCUT2D eigenvalue weighted by molar-refractivity contribution is 7.89. The van der Waals surface area contributed by atoms with Crippen LogP contribution in [0.5, 0.6) is 0 Å². The highest BCUT2D eigenvalue weighted by atomic mass is 32.2. The Labute approximate surface area is 116 Å². The minimum atomic E-state index is -3.34. The van der Waals surface area contributed by atoms with Crippen LogP contribution >= 0.6 is 0 Å². The van der Waals surface area contributed by atoms with E-state index in [4.69, 9.17) is 0 Å². The summed E-state index contributed by atoms with van der Waals surface area (Å²) in [6.45, 7) is 7.55. The molecule has 4 nitrogen and oxygen atoms in total. The lowest BCUT2D eigenvalue weighted by atomic mass is 10.1. The minimum Gasteiger partial charge on any atom is -0.314 e. The van der Waals surface area contributed by atoms with E-state index < -0.39 is 10.0 Å². The Hall–Kier alpha value is -0.910. The Morgan fingerprint density at radius 3 is 2.32 bits per heavy atom. The molecule has 2 N–H and O–H groups in total. The zero-order valence-electron chi connectivity index (χ0n) is 11.9. The third kappa shape index (κ3) is 5.30. The van der Waals surface area contributed by atoms with Crippen LogP contribution in [0.2, 0.25) is 0 Å². The molecule has 0 aliphatic carbocycles. The van der Waals surface area contributed by atoms with Crippen LogP contribution in [-0.2, 0) is 16.4 Å². The Kier molecular flexibility index (Phi) is 6.48. The lowest BCUT2D eigenvalue weighted by Gasteiger charge is -2.12. The van der Waals surface area contributed by atoms with Gasteiger partial charge in [0, 0.05) is 12.6 Å². The summed E-state index contributed by atoms with van der Waals surface area (Å²) < 4.78 is 26.4. The molecular weight excluding hydrogens is 260 g/mol. The van der Waals surface area contributed by atoms with E-state index >= 15 is 0 Å². The molecule has 0 spiro atoms. The Morgan fingerprint density at radius 1 is 1.16 bits per heavy atom. The van der Waals surface area contributed by atoms with Crippen molar-refractivity contribution in [2.45, 2.75) is 44.6 Å². The number of likely N-dealkylation sites (N-methyl/N-ethyl adjacent to an activating group) is 1. The summed E-state index contributed by atoms with van der Waals surface area (Å²) >= 11 is 0. The Morgan fingerprint density at radius 2 is 1.79 bits per heavy atom. The maximum Gasteiger partial charge on any atom is 0.240 e. The molecule has 108 valence electrons. The molecule has 1 unspecified atom stereocenters. The second-order valence-corrected chi connectivity index (χ2v) is 6.47. The van der Waals surface area contributed by atoms with Gasteiger partial charge in [-0.05, 0) is 44.0 Å². The normalized spacial score (nSPS) is 13.4. The number of hydrogen-bond donors (Lipinski definition) is 2. The zero-order chi connectivity index (χ0) is 14.3. The van der Waals surface area contributed by atoms with Gasteiger partial charge in [0.25, 0.3) is 0 Å². The monoisotopic (exact) mass is 284 g/mol. The minimum absolute atomic E-state index is 0.334. The van der Waals surface area contributed by atoms with Gasteiger partial charge >= 0.3 is 0 Å². The molecule has 0 fully saturated rings. The maximum atomic E-state index is 11.9. The van der Waals surface area contributed by atoms with Crippen molar-refractivity contribution in [1.82, 2.24) is 10.0 Å². The number of sulfonamides is 1. The predicted molar refractivity (Wildman–Crippen MR) is 78.8 cm³/mol. The Balaban J connectivity index is 2.71. The highest BCUT2D eigenvalue weighted by Gasteiger charge is 2.12. The first-order valence-electron chi connectivity index (χ1n) is 6.81. The molecule has 0 radical (unpaired) electrons. The fourth-order valence-corrected chi connectivity index (χ4v) is 3.03. The second-order valence-electron chi connectivity index (χ2n) is 4.70. The van der Waals surface area contributed by atoms with Gasteiger partial charge in [-0.2, -0.15) is 0 Å². The van der Waals surface area contributed by atoms with Gasteiger partial charge in [0.05, 0.1) is 4.90 Å². The lowest BCUT2D eigenvalue weighted by molar-refractivity contribution is 0.565. The van der Waals surface area contributed by atoms with E-state index in [-0.39, 0.29) is 0 Å². The summed E-state index contributed by atoms with van der Waals surface area (Å²) in [5.74, 6) is 0. The first-order valence-corrected chi connectivity index (χ1v) is 8.30. The standard InChI is InChI=1S/C14H24N2O2S/c1-4-10-16-19(17,18)14-8-6-13(7-9-14)11-12(3)15-5-2/h6-9,12,15-16H,4-5,10-11H2,1-3H3. The van der Waals surface area contributed by atoms with Gasteiger partial charge in [-0.3, -0.25) is 0 Å². The summed E-state index contributed by atoms with van der Waals surface area (Å²) in [7, 11) is -3.34. The van der Waals surface area contributed by atoms with Gasteiger partial charge < -0.3 is 5.32 Å². The van der Waals surface area contributed by atoms with Crippen molar-refractivity contribution in [3.63, 3.8) is 0 Å². The molecule has 0 heterocycles. The summed E-state index contributed by atoms with van der Waals surface area (Å²) in [4.78, 5) is 0.334. The van der Waals surface area contributed by atoms with Crippen LogP contribution in [0.25, 0.3) is 0 Å². The molecule has 0 aliphatic rings. The van der Waals surface area contributed by atoms with Gasteiger partial charge in [-0.25, -0.2) is 13.1 Å². The maximum absolute atomic E-state index is 11.9. The molecule has 1 atom stereocenters. The van der Waals surface area contributed by atoms with Crippen LogP contribution in [0.3, 0.4) is 0 Å². The van der Waals surface area contributed by atoms with Crippen LogP contribution < -0.4 is 10.0 Å². The van der Waals surface area contributed by atoms with Gasteiger partial charge in [-0.1, -0.05) is 26.0 Å². The molecule has 0 saturated carbocycles. The van der Waals surface area contributed by atoms with E-state index in [1.165, 1.54) is 0 Å². The lowest BCUT2D eigenvalue weighted by Crippen LogP contribution is -2.27. The molecule has 0 aromatic heterocycles. The molecule has 1 aromatic carbocycles. The Bertz CT molecular complexity index is 469. The molecular formula is C14H24N2O2S. The molecule has 0 saturated heterocycles. The quantitative estimate of drug-likeness (QED) is 0.767. The second kappa shape index (κ2) is 7.62. The number of benzene rings is 1. The summed E-state index contributed by atoms with van der Waals surface area (Å²) in [5, 5.41) is 3.34. The van der Waals surface area contributed by atoms with E-state index in [1.54, 1.807) is 12.1 Å². The van der Waals surface area contributed by atoms with E-state index in [9.17, 15) is 8.42 Å². The van der Waals surface area contributed by atoms with Gasteiger partial charge in [0.2, 0.25) is 10.0 Å². The molecule has 5 heteroatoms. The average Bonchev–Trinajstić information content (AvgIpc) is 2.37. The van der Waals surface area contributed by atoms with Crippen molar-refractivity contribution < 1.29 is 8.42 Å². The van der Waals surface area contributed by atoms with Crippen LogP contribution in [0, 0.1) is 0 Å². The van der Waals surface area contributed by atoms with Crippen LogP contribution in [0.15, 0.2) is 29.2 Å². The van der Waals surface area contributed by atoms with Crippen molar-refractivity contribution >= 4 is 10.0 Å². The summed E-state index contributed by atoms with van der Waals surface area (Å²) in [5.41, 5.74) is 1.14. The van der Waals surface area contributed by atoms with Crippen molar-refractivity contribution in [3.05, 3.63) is 29.8 Å². The van der Waals surface area contributed by atoms with E-state index in [0.29, 0.717) is 17.5 Å². The van der Waals surface area contributed by atoms with Crippen LogP contribution in [0.4, 0.5) is 0 Å². The average molecular weight is 284 g/mol. The third-order valence-corrected chi connectivity index (χ3v) is 4.35. The summed E-state index contributed by atoms with van der Waals surface area (Å²) in [6.07, 6.45) is 1.69. The molecule has 1 rings (SSSR count). The molecule has 19 heavy (non-hydrogen) atoms. The number of rotatable bonds is 8. The molecule has 0 aliphatic heterocycles. The van der Waals surface area contributed by atoms with Crippen molar-refractivity contribution in [3.8, 4) is 0 Å². The van der Waals surface area contributed by atoms with E-state index in [1.807, 2.05) is 19.1 Å². The van der Waals surface area contributed by atoms with Crippen molar-refractivity contribution in [1.29, 1.82) is 0 Å². The van der Waals surface area contributed by atoms with Crippen LogP contribution in [-0.4, -0.2) is 27.5 Å². The molecule has 0 bridgehead atoms. The fraction of sp³-hybridized carbons (Fsp3) is 0.571. The van der Waals surface area contributed by atoms with Gasteiger partial charge in [0.15, 0.2) is 0 Å². The first kappa shape index (κ1) is 16.1. The van der Waals surface area contributed by atoms with E-state index in [0.717, 1.165) is 24.9 Å². The molecule has 0 amide bonds. The smallest absolute Gasteiger partial charge is 0.240 e. The topological polar surface area (TPSA) is 58.2 Å². The van der Waals surface area contributed by atoms with Crippen molar-refractivity contribution in [2.75, 3.05) is 13.1 Å². The third-order valence-electron chi connectivity index (χ3n) is 2.87. The highest BCUT2D eigenvalue weighted by Crippen LogP contribution is 2.12. The van der Waals surface area contributed by atoms with Gasteiger partial charge in [0.1, 0.15) is 0 Å². The largest absolute Gasteiger partial charge is 0.314 e. The fourth-order valence-electron chi connectivity index (χ4n) is 1.90. The predicted octanol–water partition coefficient (Wildman–Crippen LogP) is 1.92. The molecule has 1 aromatic rings. The summed E-state index contributed by atoms with van der Waals surface area (Å²) in [6, 6.07) is 7.51. The number of hydrogen-bond acceptors (Lipinski definition) is 3.